The summed E-state index contributed by atoms with van der Waals surface area (Å²) in [5, 5.41) is 27.4. The molecule has 0 saturated heterocycles. The van der Waals surface area contributed by atoms with Gasteiger partial charge in [-0.25, -0.2) is 4.79 Å². The van der Waals surface area contributed by atoms with Gasteiger partial charge in [-0.15, -0.1) is 0 Å². The molecule has 2 aromatic rings. The molecule has 3 N–H and O–H groups in total. The minimum atomic E-state index is -1.15. The third-order valence-corrected chi connectivity index (χ3v) is 2.24. The Hall–Kier alpha value is -2.50. The summed E-state index contributed by atoms with van der Waals surface area (Å²) in [6, 6.07) is 3.60. The zero-order valence-electron chi connectivity index (χ0n) is 8.51. The van der Waals surface area contributed by atoms with Crippen LogP contribution in [0.2, 0.25) is 0 Å². The lowest BCUT2D eigenvalue weighted by Crippen LogP contribution is -2.12. The number of carboxylic acid groups (broad SMARTS) is 1. The molecule has 0 spiro atoms. The molecule has 2 rings (SSSR count). The summed E-state index contributed by atoms with van der Waals surface area (Å²) in [5.74, 6) is -1.93. The van der Waals surface area contributed by atoms with Crippen LogP contribution in [0.25, 0.3) is 11.0 Å². The van der Waals surface area contributed by atoms with E-state index in [0.717, 1.165) is 6.07 Å². The van der Waals surface area contributed by atoms with Crippen LogP contribution in [-0.2, 0) is 11.2 Å². The zero-order chi connectivity index (χ0) is 12.6. The smallest absolute Gasteiger partial charge is 0.340 e. The molecule has 17 heavy (non-hydrogen) atoms. The molecule has 0 aliphatic heterocycles. The van der Waals surface area contributed by atoms with Gasteiger partial charge in [-0.2, -0.15) is 0 Å². The summed E-state index contributed by atoms with van der Waals surface area (Å²) in [6.45, 7) is 0. The highest BCUT2D eigenvalue weighted by Crippen LogP contribution is 2.29. The average Bonchev–Trinajstić information content (AvgIpc) is 2.22. The lowest BCUT2D eigenvalue weighted by molar-refractivity contribution is -0.136. The Morgan fingerprint density at radius 3 is 2.47 bits per heavy atom. The Labute approximate surface area is 94.4 Å². The molecule has 0 aliphatic rings. The first kappa shape index (κ1) is 11.0. The summed E-state index contributed by atoms with van der Waals surface area (Å²) >= 11 is 0. The van der Waals surface area contributed by atoms with Gasteiger partial charge in [-0.05, 0) is 12.1 Å². The lowest BCUT2D eigenvalue weighted by Gasteiger charge is -2.02. The maximum atomic E-state index is 11.4. The number of phenols is 2. The van der Waals surface area contributed by atoms with E-state index in [4.69, 9.17) is 9.52 Å². The Morgan fingerprint density at radius 1 is 1.18 bits per heavy atom. The van der Waals surface area contributed by atoms with Crippen LogP contribution in [0.3, 0.4) is 0 Å². The predicted molar refractivity (Wildman–Crippen MR) is 57.2 cm³/mol. The average molecular weight is 236 g/mol. The van der Waals surface area contributed by atoms with Crippen molar-refractivity contribution in [2.24, 2.45) is 0 Å². The summed E-state index contributed by atoms with van der Waals surface area (Å²) in [6.07, 6.45) is -0.458. The molecule has 0 amide bonds. The topological polar surface area (TPSA) is 108 Å². The van der Waals surface area contributed by atoms with E-state index < -0.39 is 23.8 Å². The fourth-order valence-electron chi connectivity index (χ4n) is 1.47. The fourth-order valence-corrected chi connectivity index (χ4v) is 1.47. The van der Waals surface area contributed by atoms with Crippen LogP contribution < -0.4 is 5.63 Å². The van der Waals surface area contributed by atoms with Crippen LogP contribution in [-0.4, -0.2) is 21.3 Å². The third-order valence-electron chi connectivity index (χ3n) is 2.24. The number of benzene rings is 1. The Balaban J connectivity index is 2.67. The molecule has 0 saturated carbocycles. The molecule has 6 nitrogen and oxygen atoms in total. The second-order valence-corrected chi connectivity index (χ2v) is 3.51. The van der Waals surface area contributed by atoms with Crippen LogP contribution in [0.5, 0.6) is 11.5 Å². The summed E-state index contributed by atoms with van der Waals surface area (Å²) in [4.78, 5) is 21.9. The van der Waals surface area contributed by atoms with E-state index >= 15 is 0 Å². The van der Waals surface area contributed by atoms with Crippen molar-refractivity contribution < 1.29 is 24.5 Å². The maximum absolute atomic E-state index is 11.4. The largest absolute Gasteiger partial charge is 0.504 e. The number of carboxylic acids is 1. The van der Waals surface area contributed by atoms with Crippen LogP contribution in [0, 0.1) is 0 Å². The second kappa shape index (κ2) is 3.82. The molecule has 6 heteroatoms. The van der Waals surface area contributed by atoms with Gasteiger partial charge < -0.3 is 19.7 Å². The number of carbonyl (C=O) groups is 1. The van der Waals surface area contributed by atoms with E-state index in [9.17, 15) is 19.8 Å². The highest BCUT2D eigenvalue weighted by atomic mass is 16.4. The highest BCUT2D eigenvalue weighted by molar-refractivity contribution is 5.82. The third kappa shape index (κ3) is 2.05. The monoisotopic (exact) mass is 236 g/mol. The molecule has 0 aliphatic carbocycles. The maximum Gasteiger partial charge on any atom is 0.340 e. The highest BCUT2D eigenvalue weighted by Gasteiger charge is 2.11. The van der Waals surface area contributed by atoms with Gasteiger partial charge in [0.05, 0.1) is 6.42 Å². The number of aromatic hydroxyl groups is 2. The van der Waals surface area contributed by atoms with E-state index in [1.807, 2.05) is 0 Å². The van der Waals surface area contributed by atoms with Gasteiger partial charge in [-0.3, -0.25) is 4.79 Å². The first-order chi connectivity index (χ1) is 7.97. The number of aliphatic carboxylic acids is 1. The van der Waals surface area contributed by atoms with E-state index in [1.54, 1.807) is 0 Å². The molecule has 0 bridgehead atoms. The van der Waals surface area contributed by atoms with Crippen molar-refractivity contribution in [1.82, 2.24) is 0 Å². The SMILES string of the molecule is O=C(O)Cc1cc2cc(O)c(O)cc2oc1=O. The normalized spacial score (nSPS) is 10.6. The van der Waals surface area contributed by atoms with Crippen LogP contribution in [0.1, 0.15) is 5.56 Å². The molecule has 1 aromatic heterocycles. The quantitative estimate of drug-likeness (QED) is 0.526. The van der Waals surface area contributed by atoms with Crippen LogP contribution in [0.15, 0.2) is 27.4 Å². The van der Waals surface area contributed by atoms with Crippen molar-refractivity contribution in [3.8, 4) is 11.5 Å². The Kier molecular flexibility index (Phi) is 2.47. The van der Waals surface area contributed by atoms with Gasteiger partial charge in [0.1, 0.15) is 5.58 Å². The molecular weight excluding hydrogens is 228 g/mol. The Morgan fingerprint density at radius 2 is 1.82 bits per heavy atom. The van der Waals surface area contributed by atoms with Gasteiger partial charge in [0.2, 0.25) is 0 Å². The molecule has 0 atom stereocenters. The summed E-state index contributed by atoms with van der Waals surface area (Å²) in [7, 11) is 0. The van der Waals surface area contributed by atoms with Gasteiger partial charge >= 0.3 is 11.6 Å². The number of hydrogen-bond donors (Lipinski definition) is 3. The van der Waals surface area contributed by atoms with Crippen molar-refractivity contribution in [3.05, 3.63) is 34.2 Å². The minimum absolute atomic E-state index is 0.0184. The lowest BCUT2D eigenvalue weighted by atomic mass is 10.1. The second-order valence-electron chi connectivity index (χ2n) is 3.51. The first-order valence-electron chi connectivity index (χ1n) is 4.68. The standard InChI is InChI=1S/C11H8O6/c12-7-2-5-1-6(3-10(14)15)11(16)17-9(5)4-8(7)13/h1-2,4,12-13H,3H2,(H,14,15). The van der Waals surface area contributed by atoms with E-state index in [2.05, 4.69) is 0 Å². The molecule has 1 aromatic carbocycles. The van der Waals surface area contributed by atoms with Crippen LogP contribution >= 0.6 is 0 Å². The fraction of sp³-hybridized carbons (Fsp3) is 0.0909. The summed E-state index contributed by atoms with van der Waals surface area (Å²) in [5.41, 5.74) is -0.709. The van der Waals surface area contributed by atoms with Crippen molar-refractivity contribution in [1.29, 1.82) is 0 Å². The van der Waals surface area contributed by atoms with Gasteiger partial charge in [0.15, 0.2) is 11.5 Å². The van der Waals surface area contributed by atoms with Gasteiger partial charge in [-0.1, -0.05) is 0 Å². The Bertz CT molecular complexity index is 655. The van der Waals surface area contributed by atoms with Gasteiger partial charge in [0, 0.05) is 17.0 Å². The number of phenolic OH excluding ortho intramolecular Hbond substituents is 2. The summed E-state index contributed by atoms with van der Waals surface area (Å²) < 4.78 is 4.84. The van der Waals surface area contributed by atoms with Crippen molar-refractivity contribution in [2.45, 2.75) is 6.42 Å². The van der Waals surface area contributed by atoms with Crippen molar-refractivity contribution >= 4 is 16.9 Å². The van der Waals surface area contributed by atoms with Crippen molar-refractivity contribution in [2.75, 3.05) is 0 Å². The number of fused-ring (bicyclic) bond motifs is 1. The van der Waals surface area contributed by atoms with Crippen molar-refractivity contribution in [3.63, 3.8) is 0 Å². The van der Waals surface area contributed by atoms with Gasteiger partial charge in [0.25, 0.3) is 0 Å². The molecule has 0 fully saturated rings. The predicted octanol–water partition coefficient (Wildman–Crippen LogP) is 0.831. The zero-order valence-corrected chi connectivity index (χ0v) is 8.51. The molecule has 0 unspecified atom stereocenters. The number of hydrogen-bond acceptors (Lipinski definition) is 5. The molecular formula is C11H8O6. The van der Waals surface area contributed by atoms with E-state index in [1.165, 1.54) is 12.1 Å². The molecule has 1 heterocycles. The molecule has 88 valence electrons. The minimum Gasteiger partial charge on any atom is -0.504 e. The number of rotatable bonds is 2. The van der Waals surface area contributed by atoms with Crippen LogP contribution in [0.4, 0.5) is 0 Å². The molecule has 0 radical (unpaired) electrons. The first-order valence-corrected chi connectivity index (χ1v) is 4.68. The van der Waals surface area contributed by atoms with E-state index in [-0.39, 0.29) is 16.9 Å². The van der Waals surface area contributed by atoms with E-state index in [0.29, 0.717) is 5.39 Å².